The van der Waals surface area contributed by atoms with Gasteiger partial charge in [-0.1, -0.05) is 12.1 Å². The third kappa shape index (κ3) is 3.49. The summed E-state index contributed by atoms with van der Waals surface area (Å²) in [7, 11) is 0. The molecule has 1 aliphatic carbocycles. The fourth-order valence-corrected chi connectivity index (χ4v) is 2.70. The summed E-state index contributed by atoms with van der Waals surface area (Å²) in [6.07, 6.45) is -2.01. The predicted octanol–water partition coefficient (Wildman–Crippen LogP) is 2.66. The number of morpholine rings is 1. The van der Waals surface area contributed by atoms with Gasteiger partial charge >= 0.3 is 6.18 Å². The van der Waals surface area contributed by atoms with Crippen LogP contribution in [0.25, 0.3) is 0 Å². The summed E-state index contributed by atoms with van der Waals surface area (Å²) >= 11 is 0. The average molecular weight is 300 g/mol. The first kappa shape index (κ1) is 14.7. The van der Waals surface area contributed by atoms with Gasteiger partial charge in [-0.3, -0.25) is 0 Å². The minimum atomic E-state index is -4.33. The molecule has 0 bridgehead atoms. The van der Waals surface area contributed by atoms with Crippen molar-refractivity contribution in [3.05, 3.63) is 29.8 Å². The lowest BCUT2D eigenvalue weighted by Crippen LogP contribution is -2.51. The van der Waals surface area contributed by atoms with Crippen LogP contribution in [0.5, 0.6) is 0 Å². The molecule has 21 heavy (non-hydrogen) atoms. The minimum absolute atomic E-state index is 0.0529. The van der Waals surface area contributed by atoms with E-state index in [0.717, 1.165) is 18.9 Å². The Morgan fingerprint density at radius 1 is 1.24 bits per heavy atom. The van der Waals surface area contributed by atoms with Gasteiger partial charge in [0.15, 0.2) is 0 Å². The van der Waals surface area contributed by atoms with E-state index in [0.29, 0.717) is 32.3 Å². The summed E-state index contributed by atoms with van der Waals surface area (Å²) in [5.41, 5.74) is -0.306. The van der Waals surface area contributed by atoms with E-state index < -0.39 is 11.7 Å². The molecule has 1 aliphatic heterocycles. The lowest BCUT2D eigenvalue weighted by molar-refractivity contribution is -0.137. The molecule has 2 aliphatic rings. The fourth-order valence-electron chi connectivity index (χ4n) is 2.70. The van der Waals surface area contributed by atoms with Crippen LogP contribution in [0.1, 0.15) is 18.4 Å². The highest BCUT2D eigenvalue weighted by atomic mass is 19.4. The van der Waals surface area contributed by atoms with Crippen LogP contribution in [0.15, 0.2) is 24.3 Å². The van der Waals surface area contributed by atoms with Crippen LogP contribution < -0.4 is 10.2 Å². The van der Waals surface area contributed by atoms with Gasteiger partial charge in [-0.05, 0) is 25.0 Å². The Bertz CT molecular complexity index is 488. The maximum absolute atomic E-state index is 13.2. The third-order valence-corrected chi connectivity index (χ3v) is 3.97. The van der Waals surface area contributed by atoms with E-state index in [-0.39, 0.29) is 11.7 Å². The minimum Gasteiger partial charge on any atom is -0.377 e. The maximum atomic E-state index is 13.2. The normalized spacial score (nSPS) is 23.4. The first-order valence-electron chi connectivity index (χ1n) is 7.29. The Balaban J connectivity index is 1.81. The van der Waals surface area contributed by atoms with Crippen LogP contribution in [0.2, 0.25) is 0 Å². The van der Waals surface area contributed by atoms with Crippen LogP contribution in [0.3, 0.4) is 0 Å². The van der Waals surface area contributed by atoms with Gasteiger partial charge < -0.3 is 15.0 Å². The number of hydrogen-bond donors (Lipinski definition) is 1. The maximum Gasteiger partial charge on any atom is 0.418 e. The number of ether oxygens (including phenoxy) is 1. The molecule has 1 heterocycles. The zero-order chi connectivity index (χ0) is 14.9. The number of para-hydroxylation sites is 1. The number of alkyl halides is 3. The Morgan fingerprint density at radius 3 is 2.71 bits per heavy atom. The molecule has 3 nitrogen and oxygen atoms in total. The van der Waals surface area contributed by atoms with Gasteiger partial charge in [-0.15, -0.1) is 0 Å². The van der Waals surface area contributed by atoms with E-state index >= 15 is 0 Å². The van der Waals surface area contributed by atoms with Crippen molar-refractivity contribution in [2.24, 2.45) is 0 Å². The summed E-state index contributed by atoms with van der Waals surface area (Å²) in [5.74, 6) is 0. The molecule has 3 rings (SSSR count). The Kier molecular flexibility index (Phi) is 4.08. The van der Waals surface area contributed by atoms with E-state index in [4.69, 9.17) is 4.74 Å². The molecule has 1 aromatic rings. The highest BCUT2D eigenvalue weighted by Crippen LogP contribution is 2.37. The van der Waals surface area contributed by atoms with Crippen molar-refractivity contribution < 1.29 is 17.9 Å². The smallest absolute Gasteiger partial charge is 0.377 e. The number of nitrogens with zero attached hydrogens (tertiary/aromatic N) is 1. The van der Waals surface area contributed by atoms with E-state index in [1.807, 2.05) is 4.90 Å². The van der Waals surface area contributed by atoms with Crippen molar-refractivity contribution in [3.8, 4) is 0 Å². The number of benzene rings is 1. The van der Waals surface area contributed by atoms with E-state index in [1.54, 1.807) is 12.1 Å². The van der Waals surface area contributed by atoms with Crippen LogP contribution in [0, 0.1) is 0 Å². The van der Waals surface area contributed by atoms with Gasteiger partial charge in [0, 0.05) is 24.8 Å². The van der Waals surface area contributed by atoms with Crippen LogP contribution in [-0.2, 0) is 10.9 Å². The molecule has 0 aromatic heterocycles. The van der Waals surface area contributed by atoms with Gasteiger partial charge in [0.2, 0.25) is 0 Å². The molecule has 1 saturated carbocycles. The molecule has 1 saturated heterocycles. The summed E-state index contributed by atoms with van der Waals surface area (Å²) in [6.45, 7) is 2.08. The fraction of sp³-hybridized carbons (Fsp3) is 0.600. The average Bonchev–Trinajstić information content (AvgIpc) is 3.29. The molecule has 1 unspecified atom stereocenters. The Labute approximate surface area is 122 Å². The summed E-state index contributed by atoms with van der Waals surface area (Å²) in [4.78, 5) is 1.84. The highest BCUT2D eigenvalue weighted by Gasteiger charge is 2.36. The van der Waals surface area contributed by atoms with E-state index in [9.17, 15) is 13.2 Å². The number of anilines is 1. The predicted molar refractivity (Wildman–Crippen MR) is 74.4 cm³/mol. The number of rotatable bonds is 4. The quantitative estimate of drug-likeness (QED) is 0.925. The SMILES string of the molecule is FC(F)(F)c1ccccc1N1CCOCC1CNC1CC1. The summed E-state index contributed by atoms with van der Waals surface area (Å²) < 4.78 is 45.0. The first-order valence-corrected chi connectivity index (χ1v) is 7.29. The van der Waals surface area contributed by atoms with Crippen molar-refractivity contribution in [2.45, 2.75) is 31.1 Å². The van der Waals surface area contributed by atoms with Crippen molar-refractivity contribution in [3.63, 3.8) is 0 Å². The summed E-state index contributed by atoms with van der Waals surface area (Å²) in [6, 6.07) is 6.28. The Morgan fingerprint density at radius 2 is 2.00 bits per heavy atom. The number of hydrogen-bond acceptors (Lipinski definition) is 3. The molecule has 0 amide bonds. The zero-order valence-electron chi connectivity index (χ0n) is 11.7. The molecule has 0 spiro atoms. The molecule has 0 radical (unpaired) electrons. The second kappa shape index (κ2) is 5.85. The highest BCUT2D eigenvalue weighted by molar-refractivity contribution is 5.56. The van der Waals surface area contributed by atoms with Crippen molar-refractivity contribution in [1.82, 2.24) is 5.32 Å². The summed E-state index contributed by atoms with van der Waals surface area (Å²) in [5, 5.41) is 3.38. The molecular weight excluding hydrogens is 281 g/mol. The first-order chi connectivity index (χ1) is 10.1. The van der Waals surface area contributed by atoms with Crippen molar-refractivity contribution >= 4 is 5.69 Å². The third-order valence-electron chi connectivity index (χ3n) is 3.97. The molecule has 1 N–H and O–H groups in total. The van der Waals surface area contributed by atoms with Crippen molar-refractivity contribution in [1.29, 1.82) is 0 Å². The van der Waals surface area contributed by atoms with Crippen LogP contribution >= 0.6 is 0 Å². The monoisotopic (exact) mass is 300 g/mol. The molecule has 6 heteroatoms. The molecule has 1 atom stereocenters. The second-order valence-corrected chi connectivity index (χ2v) is 5.62. The molecule has 116 valence electrons. The number of halogens is 3. The molecule has 2 fully saturated rings. The van der Waals surface area contributed by atoms with Gasteiger partial charge in [0.1, 0.15) is 0 Å². The van der Waals surface area contributed by atoms with E-state index in [2.05, 4.69) is 5.32 Å². The molecule has 1 aromatic carbocycles. The molecular formula is C15H19F3N2O. The van der Waals surface area contributed by atoms with Crippen LogP contribution in [0.4, 0.5) is 18.9 Å². The topological polar surface area (TPSA) is 24.5 Å². The lowest BCUT2D eigenvalue weighted by Gasteiger charge is -2.38. The lowest BCUT2D eigenvalue weighted by atomic mass is 10.1. The van der Waals surface area contributed by atoms with Gasteiger partial charge in [-0.2, -0.15) is 13.2 Å². The van der Waals surface area contributed by atoms with Gasteiger partial charge in [-0.25, -0.2) is 0 Å². The Hall–Kier alpha value is -1.27. The largest absolute Gasteiger partial charge is 0.418 e. The second-order valence-electron chi connectivity index (χ2n) is 5.62. The van der Waals surface area contributed by atoms with E-state index in [1.165, 1.54) is 6.07 Å². The van der Waals surface area contributed by atoms with Crippen molar-refractivity contribution in [2.75, 3.05) is 31.2 Å². The van der Waals surface area contributed by atoms with Gasteiger partial charge in [0.05, 0.1) is 24.8 Å². The van der Waals surface area contributed by atoms with Gasteiger partial charge in [0.25, 0.3) is 0 Å². The van der Waals surface area contributed by atoms with Crippen LogP contribution in [-0.4, -0.2) is 38.4 Å². The standard InChI is InChI=1S/C15H19F3N2O/c16-15(17,18)13-3-1-2-4-14(13)20-7-8-21-10-12(20)9-19-11-5-6-11/h1-4,11-12,19H,5-10H2. The zero-order valence-corrected chi connectivity index (χ0v) is 11.7. The number of nitrogens with one attached hydrogen (secondary N) is 1.